The Hall–Kier alpha value is -1.79. The number of nitrogens with zero attached hydrogens (tertiary/aromatic N) is 3. The third kappa shape index (κ3) is 2.13. The lowest BCUT2D eigenvalue weighted by atomic mass is 10.3. The molecular weight excluding hydrogens is 260 g/mol. The fourth-order valence-electron chi connectivity index (χ4n) is 2.19. The molecule has 0 aliphatic carbocycles. The molecule has 19 heavy (non-hydrogen) atoms. The fourth-order valence-corrected chi connectivity index (χ4v) is 2.92. The second-order valence-electron chi connectivity index (χ2n) is 4.24. The molecule has 0 saturated carbocycles. The molecule has 0 spiro atoms. The summed E-state index contributed by atoms with van der Waals surface area (Å²) in [5.74, 6) is 1.88. The zero-order valence-corrected chi connectivity index (χ0v) is 11.6. The molecule has 3 heterocycles. The number of hydrogen-bond donors (Lipinski definition) is 1. The zero-order valence-electron chi connectivity index (χ0n) is 10.7. The highest BCUT2D eigenvalue weighted by atomic mass is 32.1. The predicted octanol–water partition coefficient (Wildman–Crippen LogP) is 2.47. The number of fused-ring (bicyclic) bond motifs is 1. The Morgan fingerprint density at radius 3 is 3.11 bits per heavy atom. The molecule has 3 rings (SSSR count). The summed E-state index contributed by atoms with van der Waals surface area (Å²) in [6, 6.07) is 3.88. The smallest absolute Gasteiger partial charge is 0.195 e. The van der Waals surface area contributed by atoms with Gasteiger partial charge in [0.05, 0.1) is 18.5 Å². The molecule has 3 aromatic heterocycles. The van der Waals surface area contributed by atoms with Crippen molar-refractivity contribution in [2.24, 2.45) is 5.73 Å². The van der Waals surface area contributed by atoms with Gasteiger partial charge in [0.25, 0.3) is 0 Å². The predicted molar refractivity (Wildman–Crippen MR) is 76.4 cm³/mol. The minimum absolute atomic E-state index is 0.474. The van der Waals surface area contributed by atoms with E-state index in [4.69, 9.17) is 10.2 Å². The van der Waals surface area contributed by atoms with Gasteiger partial charge in [0, 0.05) is 24.7 Å². The molecule has 0 aromatic carbocycles. The SMILES string of the molecule is CCN(Cc1ccco1)c1nc2sccn2c1CN. The zero-order chi connectivity index (χ0) is 13.2. The quantitative estimate of drug-likeness (QED) is 0.777. The van der Waals surface area contributed by atoms with Crippen LogP contribution in [0, 0.1) is 0 Å². The van der Waals surface area contributed by atoms with E-state index in [9.17, 15) is 0 Å². The lowest BCUT2D eigenvalue weighted by Crippen LogP contribution is -2.24. The van der Waals surface area contributed by atoms with Crippen molar-refractivity contribution in [2.75, 3.05) is 11.4 Å². The van der Waals surface area contributed by atoms with Gasteiger partial charge in [0.2, 0.25) is 0 Å². The summed E-state index contributed by atoms with van der Waals surface area (Å²) < 4.78 is 7.47. The van der Waals surface area contributed by atoms with Crippen LogP contribution in [0.15, 0.2) is 34.4 Å². The van der Waals surface area contributed by atoms with Crippen LogP contribution in [0.4, 0.5) is 5.82 Å². The largest absolute Gasteiger partial charge is 0.467 e. The molecule has 0 saturated heterocycles. The van der Waals surface area contributed by atoms with Gasteiger partial charge < -0.3 is 15.1 Å². The molecule has 100 valence electrons. The molecular formula is C13H16N4OS. The van der Waals surface area contributed by atoms with E-state index in [-0.39, 0.29) is 0 Å². The van der Waals surface area contributed by atoms with Gasteiger partial charge in [-0.05, 0) is 19.1 Å². The van der Waals surface area contributed by atoms with Gasteiger partial charge >= 0.3 is 0 Å². The third-order valence-electron chi connectivity index (χ3n) is 3.14. The van der Waals surface area contributed by atoms with Crippen molar-refractivity contribution in [3.05, 3.63) is 41.4 Å². The minimum atomic E-state index is 0.474. The third-order valence-corrected chi connectivity index (χ3v) is 3.90. The summed E-state index contributed by atoms with van der Waals surface area (Å²) in [7, 11) is 0. The number of furan rings is 1. The molecule has 0 aliphatic rings. The monoisotopic (exact) mass is 276 g/mol. The van der Waals surface area contributed by atoms with E-state index in [1.165, 1.54) is 0 Å². The van der Waals surface area contributed by atoms with Crippen LogP contribution in [0.3, 0.4) is 0 Å². The Kier molecular flexibility index (Phi) is 3.27. The van der Waals surface area contributed by atoms with Crippen LogP contribution in [0.2, 0.25) is 0 Å². The van der Waals surface area contributed by atoms with Crippen LogP contribution < -0.4 is 10.6 Å². The van der Waals surface area contributed by atoms with Gasteiger partial charge in [-0.15, -0.1) is 11.3 Å². The maximum Gasteiger partial charge on any atom is 0.195 e. The van der Waals surface area contributed by atoms with Crippen molar-refractivity contribution in [3.63, 3.8) is 0 Å². The molecule has 2 N–H and O–H groups in total. The Balaban J connectivity index is 1.98. The molecule has 6 heteroatoms. The lowest BCUT2D eigenvalue weighted by molar-refractivity contribution is 0.502. The van der Waals surface area contributed by atoms with E-state index in [0.29, 0.717) is 13.1 Å². The molecule has 0 atom stereocenters. The van der Waals surface area contributed by atoms with E-state index in [1.807, 2.05) is 23.7 Å². The van der Waals surface area contributed by atoms with Crippen molar-refractivity contribution in [3.8, 4) is 0 Å². The molecule has 0 unspecified atom stereocenters. The standard InChI is InChI=1S/C13H16N4OS/c1-2-16(9-10-4-3-6-18-10)12-11(8-14)17-5-7-19-13(17)15-12/h3-7H,2,8-9,14H2,1H3. The fraction of sp³-hybridized carbons (Fsp3) is 0.308. The number of imidazole rings is 1. The lowest BCUT2D eigenvalue weighted by Gasteiger charge is -2.20. The Bertz CT molecular complexity index is 655. The van der Waals surface area contributed by atoms with Crippen LogP contribution >= 0.6 is 11.3 Å². The Labute approximate surface area is 115 Å². The van der Waals surface area contributed by atoms with E-state index < -0.39 is 0 Å². The second-order valence-corrected chi connectivity index (χ2v) is 5.11. The van der Waals surface area contributed by atoms with Crippen LogP contribution in [-0.4, -0.2) is 15.9 Å². The van der Waals surface area contributed by atoms with E-state index in [1.54, 1.807) is 17.6 Å². The molecule has 3 aromatic rings. The van der Waals surface area contributed by atoms with Gasteiger partial charge in [0.1, 0.15) is 5.76 Å². The number of anilines is 1. The summed E-state index contributed by atoms with van der Waals surface area (Å²) in [5, 5.41) is 2.02. The maximum atomic E-state index is 5.88. The number of rotatable bonds is 5. The molecule has 0 fully saturated rings. The van der Waals surface area contributed by atoms with Crippen molar-refractivity contribution in [1.29, 1.82) is 0 Å². The first-order valence-corrected chi connectivity index (χ1v) is 7.13. The number of thiazole rings is 1. The van der Waals surface area contributed by atoms with Gasteiger partial charge in [-0.1, -0.05) is 0 Å². The van der Waals surface area contributed by atoms with Crippen molar-refractivity contribution >= 4 is 22.1 Å². The van der Waals surface area contributed by atoms with Crippen LogP contribution in [-0.2, 0) is 13.1 Å². The summed E-state index contributed by atoms with van der Waals surface area (Å²) in [4.78, 5) is 7.84. The number of hydrogen-bond acceptors (Lipinski definition) is 5. The number of nitrogens with two attached hydrogens (primary N) is 1. The second kappa shape index (κ2) is 5.07. The van der Waals surface area contributed by atoms with Gasteiger partial charge in [-0.25, -0.2) is 4.98 Å². The normalized spacial score (nSPS) is 11.3. The summed E-state index contributed by atoms with van der Waals surface area (Å²) in [6.07, 6.45) is 3.71. The van der Waals surface area contributed by atoms with Crippen molar-refractivity contribution in [1.82, 2.24) is 9.38 Å². The van der Waals surface area contributed by atoms with Crippen LogP contribution in [0.5, 0.6) is 0 Å². The van der Waals surface area contributed by atoms with Crippen molar-refractivity contribution in [2.45, 2.75) is 20.0 Å². The minimum Gasteiger partial charge on any atom is -0.467 e. The van der Waals surface area contributed by atoms with E-state index >= 15 is 0 Å². The average Bonchev–Trinajstić information content (AvgIpc) is 3.11. The van der Waals surface area contributed by atoms with Gasteiger partial charge in [-0.2, -0.15) is 0 Å². The Morgan fingerprint density at radius 1 is 1.53 bits per heavy atom. The van der Waals surface area contributed by atoms with Gasteiger partial charge in [0.15, 0.2) is 10.8 Å². The van der Waals surface area contributed by atoms with Crippen LogP contribution in [0.1, 0.15) is 18.4 Å². The summed E-state index contributed by atoms with van der Waals surface area (Å²) in [5.41, 5.74) is 6.93. The number of aromatic nitrogens is 2. The highest BCUT2D eigenvalue weighted by molar-refractivity contribution is 7.15. The molecule has 0 radical (unpaired) electrons. The van der Waals surface area contributed by atoms with Crippen LogP contribution in [0.25, 0.3) is 4.96 Å². The summed E-state index contributed by atoms with van der Waals surface area (Å²) >= 11 is 1.62. The average molecular weight is 276 g/mol. The maximum absolute atomic E-state index is 5.88. The molecule has 0 bridgehead atoms. The van der Waals surface area contributed by atoms with Crippen molar-refractivity contribution < 1.29 is 4.42 Å². The molecule has 0 aliphatic heterocycles. The first kappa shape index (κ1) is 12.3. The molecule has 5 nitrogen and oxygen atoms in total. The highest BCUT2D eigenvalue weighted by Crippen LogP contribution is 2.25. The topological polar surface area (TPSA) is 59.7 Å². The van der Waals surface area contributed by atoms with E-state index in [0.717, 1.165) is 28.8 Å². The van der Waals surface area contributed by atoms with Gasteiger partial charge in [-0.3, -0.25) is 4.40 Å². The first-order valence-electron chi connectivity index (χ1n) is 6.25. The summed E-state index contributed by atoms with van der Waals surface area (Å²) in [6.45, 7) is 4.15. The van der Waals surface area contributed by atoms with E-state index in [2.05, 4.69) is 21.2 Å². The first-order chi connectivity index (χ1) is 9.33. The molecule has 0 amide bonds. The highest BCUT2D eigenvalue weighted by Gasteiger charge is 2.17. The Morgan fingerprint density at radius 2 is 2.42 bits per heavy atom.